The van der Waals surface area contributed by atoms with Gasteiger partial charge in [0.15, 0.2) is 0 Å². The van der Waals surface area contributed by atoms with Crippen molar-refractivity contribution >= 4 is 58.1 Å². The predicted molar refractivity (Wildman–Crippen MR) is 344 cm³/mol. The van der Waals surface area contributed by atoms with Crippen molar-refractivity contribution in [1.82, 2.24) is 19.9 Å². The Labute approximate surface area is 504 Å². The van der Waals surface area contributed by atoms with E-state index in [4.69, 9.17) is 26.4 Å². The Morgan fingerprint density at radius 3 is 1.01 bits per heavy atom. The van der Waals surface area contributed by atoms with Crippen LogP contribution in [-0.4, -0.2) is 16.2 Å². The number of aromatic nitrogens is 4. The second-order valence-corrected chi connectivity index (χ2v) is 21.7. The first-order valence-electron chi connectivity index (χ1n) is 27.2. The number of fused-ring (bicyclic) bond motifs is 8. The standard InChI is InChI=1S/C77H54N4S.Zn/c1-9-54-13-15-55(16-14-54)17-18-56-19-21-57(22-20-56)23-24-58-27-31-61(32-28-58)74-64-35-39-68(78-64)76(72-50(4)43-48(2)44-51(72)5)70-41-37-66(80-70)75(62-33-29-59(30-34-62)25-26-60-11-10-12-63(47-60)82-8)67-38-42-71(81-67)77(69-40-36-65(74)79-69)73-52(6)45-49(3)46-53(73)7;/h1,10-16,19-22,27-47H,2-8H3;/q-2;+2. The van der Waals surface area contributed by atoms with E-state index in [1.807, 2.05) is 48.5 Å². The van der Waals surface area contributed by atoms with Crippen LogP contribution in [0, 0.1) is 89.4 Å². The number of rotatable bonds is 5. The molecule has 0 saturated carbocycles. The molecule has 0 amide bonds. The minimum absolute atomic E-state index is 0. The second-order valence-electron chi connectivity index (χ2n) is 20.8. The summed E-state index contributed by atoms with van der Waals surface area (Å²) in [5, 5.41) is 0. The largest absolute Gasteiger partial charge is 2.00 e. The van der Waals surface area contributed by atoms with E-state index in [-0.39, 0.29) is 19.5 Å². The molecule has 10 aromatic rings. The van der Waals surface area contributed by atoms with E-state index in [1.54, 1.807) is 11.8 Å². The smallest absolute Gasteiger partial charge is 0.657 e. The molecule has 0 saturated heterocycles. The molecule has 12 rings (SSSR count). The predicted octanol–water partition coefficient (Wildman–Crippen LogP) is 17.3. The zero-order valence-electron chi connectivity index (χ0n) is 47.5. The maximum absolute atomic E-state index is 5.59. The van der Waals surface area contributed by atoms with Crippen LogP contribution in [0.3, 0.4) is 0 Å². The Morgan fingerprint density at radius 2 is 0.663 bits per heavy atom. The minimum atomic E-state index is 0. The molecular formula is C77H54N4SZn. The summed E-state index contributed by atoms with van der Waals surface area (Å²) >= 11 is 1.71. The Morgan fingerprint density at radius 1 is 0.349 bits per heavy atom. The molecule has 2 aliphatic rings. The molecule has 390 valence electrons. The van der Waals surface area contributed by atoms with Crippen LogP contribution in [0.1, 0.15) is 95.1 Å². The number of nitrogens with zero attached hydrogens (tertiary/aromatic N) is 4. The molecular weight excluding hydrogens is 1080 g/mol. The molecule has 0 aliphatic carbocycles. The van der Waals surface area contributed by atoms with Crippen LogP contribution in [0.2, 0.25) is 0 Å². The maximum atomic E-state index is 5.59. The van der Waals surface area contributed by atoms with Gasteiger partial charge in [-0.1, -0.05) is 131 Å². The third kappa shape index (κ3) is 11.6. The SMILES string of the molecule is C#Cc1ccc(C#Cc2ccc(C#Cc3ccc(-c4c5nc(c(-c6c(C)cc(C)cc6C)c6ccc([n-]6)c(-c6ccc(C#Cc7cccc(SC)c7)cc6)c6nc(c(-c7c(C)cc(C)cc7C)c7ccc4[n-]7)C=C6)C=C5)cc3)cc2)cc1.[Zn+2]. The van der Waals surface area contributed by atoms with E-state index in [2.05, 4.69) is 235 Å². The maximum Gasteiger partial charge on any atom is 2.00 e. The molecule has 0 fully saturated rings. The number of hydrogen-bond acceptors (Lipinski definition) is 3. The molecule has 3 aromatic heterocycles. The van der Waals surface area contributed by atoms with Gasteiger partial charge in [-0.05, 0) is 230 Å². The molecule has 0 unspecified atom stereocenters. The molecule has 0 atom stereocenters. The zero-order chi connectivity index (χ0) is 56.4. The van der Waals surface area contributed by atoms with Gasteiger partial charge in [0.05, 0.1) is 22.8 Å². The van der Waals surface area contributed by atoms with Gasteiger partial charge < -0.3 is 9.97 Å². The molecule has 0 spiro atoms. The fourth-order valence-electron chi connectivity index (χ4n) is 11.2. The summed E-state index contributed by atoms with van der Waals surface area (Å²) in [7, 11) is 0. The molecule has 6 heteroatoms. The summed E-state index contributed by atoms with van der Waals surface area (Å²) in [5.41, 5.74) is 27.8. The van der Waals surface area contributed by atoms with Gasteiger partial charge in [-0.3, -0.25) is 0 Å². The Balaban J connectivity index is 0.00000721. The Kier molecular flexibility index (Phi) is 15.9. The molecule has 7 aromatic carbocycles. The van der Waals surface area contributed by atoms with Gasteiger partial charge in [0.2, 0.25) is 0 Å². The molecule has 4 nitrogen and oxygen atoms in total. The summed E-state index contributed by atoms with van der Waals surface area (Å²) in [6, 6.07) is 58.4. The van der Waals surface area contributed by atoms with E-state index in [0.29, 0.717) is 0 Å². The fourth-order valence-corrected chi connectivity index (χ4v) is 11.7. The number of thioether (sulfide) groups is 1. The van der Waals surface area contributed by atoms with Crippen LogP contribution >= 0.6 is 11.8 Å². The Hall–Kier alpha value is -9.65. The topological polar surface area (TPSA) is 54.0 Å². The number of terminal acetylenes is 1. The first-order valence-corrected chi connectivity index (χ1v) is 28.5. The van der Waals surface area contributed by atoms with Gasteiger partial charge in [0, 0.05) is 43.8 Å². The van der Waals surface area contributed by atoms with Gasteiger partial charge in [-0.25, -0.2) is 9.97 Å². The van der Waals surface area contributed by atoms with Crippen molar-refractivity contribution in [2.45, 2.75) is 46.4 Å². The van der Waals surface area contributed by atoms with Crippen molar-refractivity contribution < 1.29 is 19.5 Å². The van der Waals surface area contributed by atoms with Gasteiger partial charge in [0.1, 0.15) is 0 Å². The fraction of sp³-hybridized carbons (Fsp3) is 0.0909. The van der Waals surface area contributed by atoms with Crippen molar-refractivity contribution in [3.8, 4) is 92.4 Å². The van der Waals surface area contributed by atoms with Gasteiger partial charge in [0.25, 0.3) is 0 Å². The molecule has 0 N–H and O–H groups in total. The van der Waals surface area contributed by atoms with Crippen molar-refractivity contribution in [2.75, 3.05) is 6.26 Å². The van der Waals surface area contributed by atoms with E-state index in [1.165, 1.54) is 16.0 Å². The average molecular weight is 1130 g/mol. The molecule has 2 aliphatic heterocycles. The van der Waals surface area contributed by atoms with E-state index in [9.17, 15) is 0 Å². The summed E-state index contributed by atoms with van der Waals surface area (Å²) in [6.07, 6.45) is 16.1. The molecule has 5 heterocycles. The second kappa shape index (κ2) is 23.8. The van der Waals surface area contributed by atoms with Crippen molar-refractivity contribution in [1.29, 1.82) is 0 Å². The van der Waals surface area contributed by atoms with Crippen molar-refractivity contribution in [2.24, 2.45) is 0 Å². The minimum Gasteiger partial charge on any atom is -0.657 e. The van der Waals surface area contributed by atoms with Crippen LogP contribution in [0.4, 0.5) is 0 Å². The molecule has 0 radical (unpaired) electrons. The van der Waals surface area contributed by atoms with E-state index >= 15 is 0 Å². The first kappa shape index (κ1) is 55.3. The summed E-state index contributed by atoms with van der Waals surface area (Å²) in [6.45, 7) is 13.0. The Bertz CT molecular complexity index is 4620. The van der Waals surface area contributed by atoms with Crippen LogP contribution in [-0.2, 0) is 19.5 Å². The average Bonchev–Trinajstić information content (AvgIpc) is 4.01. The van der Waals surface area contributed by atoms with E-state index in [0.717, 1.165) is 151 Å². The van der Waals surface area contributed by atoms with Crippen LogP contribution in [0.25, 0.3) is 90.9 Å². The third-order valence-corrected chi connectivity index (χ3v) is 15.6. The van der Waals surface area contributed by atoms with E-state index < -0.39 is 0 Å². The van der Waals surface area contributed by atoms with Crippen LogP contribution < -0.4 is 9.97 Å². The van der Waals surface area contributed by atoms with Gasteiger partial charge in [-0.2, -0.15) is 0 Å². The summed E-state index contributed by atoms with van der Waals surface area (Å²) in [4.78, 5) is 23.6. The van der Waals surface area contributed by atoms with Crippen molar-refractivity contribution in [3.63, 3.8) is 0 Å². The first-order chi connectivity index (χ1) is 39.9. The molecule has 83 heavy (non-hydrogen) atoms. The van der Waals surface area contributed by atoms with Crippen LogP contribution in [0.5, 0.6) is 0 Å². The number of benzene rings is 7. The number of hydrogen-bond donors (Lipinski definition) is 0. The monoisotopic (exact) mass is 1130 g/mol. The van der Waals surface area contributed by atoms with Crippen molar-refractivity contribution in [3.05, 3.63) is 265 Å². The zero-order valence-corrected chi connectivity index (χ0v) is 51.2. The van der Waals surface area contributed by atoms with Crippen LogP contribution in [0.15, 0.2) is 175 Å². The third-order valence-electron chi connectivity index (χ3n) is 14.9. The quantitative estimate of drug-likeness (QED) is 0.0976. The normalized spacial score (nSPS) is 11.1. The molecule has 8 bridgehead atoms. The van der Waals surface area contributed by atoms with Gasteiger partial charge in [-0.15, -0.1) is 40.3 Å². The van der Waals surface area contributed by atoms with Gasteiger partial charge >= 0.3 is 19.5 Å². The number of aryl methyl sites for hydroxylation is 6. The summed E-state index contributed by atoms with van der Waals surface area (Å²) < 4.78 is 0. The summed E-state index contributed by atoms with van der Waals surface area (Å²) in [5.74, 6) is 22.7.